The monoisotopic (exact) mass is 371 g/mol. The average Bonchev–Trinajstić information content (AvgIpc) is 2.97. The van der Waals surface area contributed by atoms with Gasteiger partial charge in [0.05, 0.1) is 11.4 Å². The molecule has 0 spiro atoms. The largest absolute Gasteiger partial charge is 0.486 e. The lowest BCUT2D eigenvalue weighted by molar-refractivity contribution is 0.0704. The van der Waals surface area contributed by atoms with E-state index in [2.05, 4.69) is 4.99 Å². The van der Waals surface area contributed by atoms with E-state index < -0.39 is 5.72 Å². The maximum atomic E-state index is 13.3. The van der Waals surface area contributed by atoms with Crippen LogP contribution < -0.4 is 15.4 Å². The van der Waals surface area contributed by atoms with Gasteiger partial charge in [-0.25, -0.2) is 0 Å². The minimum absolute atomic E-state index is 0.312. The molecule has 28 heavy (non-hydrogen) atoms. The molecule has 3 aromatic rings. The molecule has 0 bridgehead atoms. The zero-order valence-electron chi connectivity index (χ0n) is 14.9. The Kier molecular flexibility index (Phi) is 3.50. The number of carbonyl (C=O) groups is 1. The lowest BCUT2D eigenvalue weighted by Crippen LogP contribution is -2.45. The fourth-order valence-electron chi connectivity index (χ4n) is 3.84. The summed E-state index contributed by atoms with van der Waals surface area (Å²) in [6.07, 6.45) is 1.66. The van der Waals surface area contributed by atoms with Crippen molar-refractivity contribution in [2.75, 3.05) is 17.2 Å². The fourth-order valence-corrected chi connectivity index (χ4v) is 3.84. The predicted molar refractivity (Wildman–Crippen MR) is 107 cm³/mol. The highest BCUT2D eigenvalue weighted by molar-refractivity contribution is 6.13. The Bertz CT molecular complexity index is 1140. The van der Waals surface area contributed by atoms with E-state index in [1.54, 1.807) is 72.9 Å². The van der Waals surface area contributed by atoms with Crippen molar-refractivity contribution in [3.8, 4) is 5.75 Å². The number of carbonyl (C=O) groups excluding carboxylic acids is 1. The van der Waals surface area contributed by atoms with Gasteiger partial charge in [-0.05, 0) is 36.4 Å². The van der Waals surface area contributed by atoms with E-state index in [4.69, 9.17) is 10.5 Å². The molecule has 0 saturated carbocycles. The molecule has 3 aromatic carbocycles. The first-order chi connectivity index (χ1) is 13.6. The van der Waals surface area contributed by atoms with E-state index in [0.29, 0.717) is 46.1 Å². The van der Waals surface area contributed by atoms with Crippen molar-refractivity contribution in [2.24, 2.45) is 4.99 Å². The number of ether oxygens (including phenoxy) is 1. The third-order valence-corrected chi connectivity index (χ3v) is 5.14. The fraction of sp³-hybridized carbons (Fsp3) is 0.0909. The second-order valence-electron chi connectivity index (χ2n) is 6.72. The number of aliphatic imine (C=N–C) groups is 1. The van der Waals surface area contributed by atoms with Gasteiger partial charge in [0.15, 0.2) is 5.72 Å². The van der Waals surface area contributed by atoms with Crippen molar-refractivity contribution in [1.29, 1.82) is 0 Å². The Morgan fingerprint density at radius 2 is 1.86 bits per heavy atom. The van der Waals surface area contributed by atoms with Crippen LogP contribution in [0.1, 0.15) is 21.5 Å². The Balaban J connectivity index is 1.78. The summed E-state index contributed by atoms with van der Waals surface area (Å²) >= 11 is 0. The first-order valence-electron chi connectivity index (χ1n) is 8.91. The van der Waals surface area contributed by atoms with Gasteiger partial charge in [0.2, 0.25) is 0 Å². The summed E-state index contributed by atoms with van der Waals surface area (Å²) in [5, 5.41) is 12.0. The molecular weight excluding hydrogens is 354 g/mol. The third-order valence-electron chi connectivity index (χ3n) is 5.14. The Labute approximate surface area is 161 Å². The van der Waals surface area contributed by atoms with Crippen molar-refractivity contribution >= 4 is 29.2 Å². The van der Waals surface area contributed by atoms with Gasteiger partial charge in [0.1, 0.15) is 18.0 Å². The first kappa shape index (κ1) is 16.5. The molecule has 1 amide bonds. The number of para-hydroxylation sites is 2. The molecule has 0 saturated heterocycles. The minimum Gasteiger partial charge on any atom is -0.486 e. The Morgan fingerprint density at radius 1 is 1.07 bits per heavy atom. The van der Waals surface area contributed by atoms with Gasteiger partial charge in [-0.15, -0.1) is 0 Å². The van der Waals surface area contributed by atoms with Crippen molar-refractivity contribution in [2.45, 2.75) is 5.72 Å². The molecule has 138 valence electrons. The number of rotatable bonds is 2. The number of benzene rings is 3. The van der Waals surface area contributed by atoms with Crippen LogP contribution in [-0.2, 0) is 5.72 Å². The summed E-state index contributed by atoms with van der Waals surface area (Å²) in [7, 11) is 0. The van der Waals surface area contributed by atoms with Crippen LogP contribution in [0.2, 0.25) is 0 Å². The summed E-state index contributed by atoms with van der Waals surface area (Å²) in [4.78, 5) is 19.0. The molecule has 1 atom stereocenters. The van der Waals surface area contributed by atoms with Gasteiger partial charge in [-0.2, -0.15) is 0 Å². The van der Waals surface area contributed by atoms with E-state index in [9.17, 15) is 9.90 Å². The standard InChI is InChI=1S/C22H17N3O3/c23-17-7-3-4-8-19(17)25-21(26)15-5-1-2-6-16(15)22(25,27)14-9-10-20-18(13-14)24-11-12-28-20/h1-11,13,27H,12,23H2. The Morgan fingerprint density at radius 3 is 2.71 bits per heavy atom. The lowest BCUT2D eigenvalue weighted by atomic mass is 9.93. The second kappa shape index (κ2) is 5.94. The van der Waals surface area contributed by atoms with Crippen LogP contribution in [0.3, 0.4) is 0 Å². The van der Waals surface area contributed by atoms with Gasteiger partial charge in [0, 0.05) is 22.9 Å². The van der Waals surface area contributed by atoms with Crippen LogP contribution in [0.15, 0.2) is 71.7 Å². The van der Waals surface area contributed by atoms with Gasteiger partial charge >= 0.3 is 0 Å². The van der Waals surface area contributed by atoms with Crippen LogP contribution in [0.25, 0.3) is 0 Å². The summed E-state index contributed by atoms with van der Waals surface area (Å²) in [6, 6.07) is 19.3. The molecular formula is C22H17N3O3. The molecule has 3 N–H and O–H groups in total. The minimum atomic E-state index is -1.72. The van der Waals surface area contributed by atoms with Crippen LogP contribution >= 0.6 is 0 Å². The zero-order valence-corrected chi connectivity index (χ0v) is 14.9. The maximum absolute atomic E-state index is 13.3. The molecule has 6 nitrogen and oxygen atoms in total. The molecule has 2 aliphatic heterocycles. The molecule has 2 heterocycles. The predicted octanol–water partition coefficient (Wildman–Crippen LogP) is 3.22. The molecule has 0 fully saturated rings. The summed E-state index contributed by atoms with van der Waals surface area (Å²) < 4.78 is 5.56. The van der Waals surface area contributed by atoms with E-state index >= 15 is 0 Å². The maximum Gasteiger partial charge on any atom is 0.261 e. The summed E-state index contributed by atoms with van der Waals surface area (Å²) in [5.41, 5.74) is 7.35. The normalized spacial score (nSPS) is 19.9. The van der Waals surface area contributed by atoms with Crippen molar-refractivity contribution in [3.63, 3.8) is 0 Å². The highest BCUT2D eigenvalue weighted by Crippen LogP contribution is 2.47. The van der Waals surface area contributed by atoms with Crippen molar-refractivity contribution in [3.05, 3.63) is 83.4 Å². The smallest absolute Gasteiger partial charge is 0.261 e. The Hall–Kier alpha value is -3.64. The number of amides is 1. The number of nitrogens with two attached hydrogens (primary N) is 1. The molecule has 2 aliphatic rings. The SMILES string of the molecule is Nc1ccccc1N1C(=O)c2ccccc2C1(O)c1ccc2c(c1)N=CCO2. The van der Waals surface area contributed by atoms with Crippen LogP contribution in [0.4, 0.5) is 17.1 Å². The van der Waals surface area contributed by atoms with Gasteiger partial charge in [0.25, 0.3) is 5.91 Å². The average molecular weight is 371 g/mol. The number of aliphatic hydroxyl groups is 1. The van der Waals surface area contributed by atoms with Crippen LogP contribution in [0.5, 0.6) is 5.75 Å². The zero-order chi connectivity index (χ0) is 19.3. The summed E-state index contributed by atoms with van der Waals surface area (Å²) in [5.74, 6) is 0.326. The van der Waals surface area contributed by atoms with E-state index in [-0.39, 0.29) is 5.91 Å². The number of anilines is 2. The molecule has 6 heteroatoms. The van der Waals surface area contributed by atoms with Gasteiger partial charge in [-0.1, -0.05) is 30.3 Å². The molecule has 0 radical (unpaired) electrons. The topological polar surface area (TPSA) is 88.2 Å². The highest BCUT2D eigenvalue weighted by Gasteiger charge is 2.51. The summed E-state index contributed by atoms with van der Waals surface area (Å²) in [6.45, 7) is 0.407. The van der Waals surface area contributed by atoms with Crippen LogP contribution in [0, 0.1) is 0 Å². The van der Waals surface area contributed by atoms with E-state index in [0.717, 1.165) is 0 Å². The second-order valence-corrected chi connectivity index (χ2v) is 6.72. The number of hydrogen-bond acceptors (Lipinski definition) is 5. The van der Waals surface area contributed by atoms with Crippen molar-refractivity contribution < 1.29 is 14.6 Å². The van der Waals surface area contributed by atoms with Crippen molar-refractivity contribution in [1.82, 2.24) is 0 Å². The van der Waals surface area contributed by atoms with E-state index in [1.807, 2.05) is 0 Å². The molecule has 1 unspecified atom stereocenters. The number of hydrogen-bond donors (Lipinski definition) is 2. The molecule has 0 aromatic heterocycles. The third kappa shape index (κ3) is 2.18. The lowest BCUT2D eigenvalue weighted by Gasteiger charge is -2.35. The van der Waals surface area contributed by atoms with Gasteiger partial charge in [-0.3, -0.25) is 14.7 Å². The van der Waals surface area contributed by atoms with Crippen LogP contribution in [-0.4, -0.2) is 23.8 Å². The quantitative estimate of drug-likeness (QED) is 0.677. The van der Waals surface area contributed by atoms with Gasteiger partial charge < -0.3 is 15.6 Å². The number of fused-ring (bicyclic) bond motifs is 2. The first-order valence-corrected chi connectivity index (χ1v) is 8.91. The number of nitrogens with zero attached hydrogens (tertiary/aromatic N) is 2. The molecule has 0 aliphatic carbocycles. The number of nitrogen functional groups attached to an aromatic ring is 1. The highest BCUT2D eigenvalue weighted by atomic mass is 16.5. The van der Waals surface area contributed by atoms with E-state index in [1.165, 1.54) is 4.90 Å². The molecule has 5 rings (SSSR count).